The average molecular weight is 327 g/mol. The first-order valence-corrected chi connectivity index (χ1v) is 7.65. The van der Waals surface area contributed by atoms with E-state index < -0.39 is 0 Å². The Balaban J connectivity index is 1.82. The molecule has 2 aromatic carbocycles. The minimum absolute atomic E-state index is 0.0302. The van der Waals surface area contributed by atoms with Gasteiger partial charge in [-0.05, 0) is 29.3 Å². The molecule has 1 atom stereocenters. The van der Waals surface area contributed by atoms with Gasteiger partial charge in [-0.25, -0.2) is 0 Å². The van der Waals surface area contributed by atoms with E-state index >= 15 is 0 Å². The summed E-state index contributed by atoms with van der Waals surface area (Å²) >= 11 is 0. The molecule has 2 aromatic rings. The van der Waals surface area contributed by atoms with Crippen LogP contribution in [0.1, 0.15) is 23.5 Å². The van der Waals surface area contributed by atoms with Gasteiger partial charge in [0.15, 0.2) is 11.5 Å². The number of carbonyl (C=O) groups excluding carboxylic acids is 1. The molecule has 0 radical (unpaired) electrons. The van der Waals surface area contributed by atoms with Crippen LogP contribution in [0.3, 0.4) is 0 Å². The molecule has 0 spiro atoms. The molecule has 2 aliphatic rings. The van der Waals surface area contributed by atoms with Gasteiger partial charge < -0.3 is 24.3 Å². The van der Waals surface area contributed by atoms with Gasteiger partial charge in [0.2, 0.25) is 18.4 Å². The lowest BCUT2D eigenvalue weighted by Gasteiger charge is -2.26. The van der Waals surface area contributed by atoms with Crippen molar-refractivity contribution < 1.29 is 23.7 Å². The second-order valence-electron chi connectivity index (χ2n) is 5.72. The molecule has 4 rings (SSSR count). The third-order valence-electron chi connectivity index (χ3n) is 4.38. The summed E-state index contributed by atoms with van der Waals surface area (Å²) in [5.41, 5.74) is 2.76. The highest BCUT2D eigenvalue weighted by Crippen LogP contribution is 2.46. The lowest BCUT2D eigenvalue weighted by Crippen LogP contribution is -2.23. The van der Waals surface area contributed by atoms with Gasteiger partial charge in [-0.3, -0.25) is 4.79 Å². The maximum Gasteiger partial charge on any atom is 0.231 e. The Morgan fingerprint density at radius 2 is 2.00 bits per heavy atom. The highest BCUT2D eigenvalue weighted by molar-refractivity contribution is 5.95. The first-order chi connectivity index (χ1) is 11.7. The zero-order valence-corrected chi connectivity index (χ0v) is 13.4. The number of rotatable bonds is 3. The summed E-state index contributed by atoms with van der Waals surface area (Å²) in [6, 6.07) is 9.54. The fourth-order valence-corrected chi connectivity index (χ4v) is 3.22. The molecule has 0 bridgehead atoms. The fourth-order valence-electron chi connectivity index (χ4n) is 3.22. The van der Waals surface area contributed by atoms with Crippen molar-refractivity contribution in [3.05, 3.63) is 41.5 Å². The Morgan fingerprint density at radius 1 is 1.12 bits per heavy atom. The molecular formula is C18H17NO5. The van der Waals surface area contributed by atoms with Crippen molar-refractivity contribution in [1.29, 1.82) is 0 Å². The third kappa shape index (κ3) is 2.31. The van der Waals surface area contributed by atoms with Crippen molar-refractivity contribution in [3.63, 3.8) is 0 Å². The van der Waals surface area contributed by atoms with Crippen LogP contribution in [0, 0.1) is 0 Å². The number of methoxy groups -OCH3 is 2. The van der Waals surface area contributed by atoms with Crippen LogP contribution in [0.25, 0.3) is 0 Å². The van der Waals surface area contributed by atoms with Crippen molar-refractivity contribution in [2.24, 2.45) is 0 Å². The van der Waals surface area contributed by atoms with E-state index in [-0.39, 0.29) is 18.6 Å². The van der Waals surface area contributed by atoms with Gasteiger partial charge in [-0.2, -0.15) is 0 Å². The number of hydrogen-bond donors (Lipinski definition) is 1. The van der Waals surface area contributed by atoms with Gasteiger partial charge in [-0.15, -0.1) is 0 Å². The molecule has 1 amide bonds. The summed E-state index contributed by atoms with van der Waals surface area (Å²) in [5.74, 6) is 2.46. The standard InChI is InChI=1S/C18H17NO5/c1-21-11-3-4-12-13(8-17(20)19-14(12)7-11)10-5-15(22-2)18-16(6-10)23-9-24-18/h3-7,13H,8-9H2,1-2H3,(H,19,20)/t13-/m0/s1. The van der Waals surface area contributed by atoms with Crippen molar-refractivity contribution in [2.45, 2.75) is 12.3 Å². The van der Waals surface area contributed by atoms with Gasteiger partial charge in [0, 0.05) is 24.1 Å². The SMILES string of the molecule is COc1ccc2c(c1)NC(=O)C[C@H]2c1cc(OC)c2c(c1)OCO2. The van der Waals surface area contributed by atoms with Crippen molar-refractivity contribution in [3.8, 4) is 23.0 Å². The summed E-state index contributed by atoms with van der Waals surface area (Å²) in [6.45, 7) is 0.175. The smallest absolute Gasteiger partial charge is 0.231 e. The van der Waals surface area contributed by atoms with Crippen LogP contribution >= 0.6 is 0 Å². The van der Waals surface area contributed by atoms with E-state index in [1.165, 1.54) is 0 Å². The zero-order valence-electron chi connectivity index (χ0n) is 13.4. The molecule has 124 valence electrons. The Labute approximate surface area is 139 Å². The molecule has 0 unspecified atom stereocenters. The molecule has 0 fully saturated rings. The predicted octanol–water partition coefficient (Wildman–Crippen LogP) is 2.91. The minimum atomic E-state index is -0.0805. The Bertz CT molecular complexity index is 817. The molecule has 6 heteroatoms. The van der Waals surface area contributed by atoms with E-state index in [4.69, 9.17) is 18.9 Å². The van der Waals surface area contributed by atoms with E-state index in [1.54, 1.807) is 14.2 Å². The molecule has 0 saturated heterocycles. The van der Waals surface area contributed by atoms with E-state index in [9.17, 15) is 4.79 Å². The monoisotopic (exact) mass is 327 g/mol. The quantitative estimate of drug-likeness (QED) is 0.939. The van der Waals surface area contributed by atoms with Gasteiger partial charge >= 0.3 is 0 Å². The first kappa shape index (κ1) is 14.7. The van der Waals surface area contributed by atoms with Crippen molar-refractivity contribution in [2.75, 3.05) is 26.3 Å². The Kier molecular flexibility index (Phi) is 3.45. The highest BCUT2D eigenvalue weighted by atomic mass is 16.7. The van der Waals surface area contributed by atoms with Gasteiger partial charge in [-0.1, -0.05) is 6.07 Å². The van der Waals surface area contributed by atoms with Crippen molar-refractivity contribution in [1.82, 2.24) is 0 Å². The number of amides is 1. The average Bonchev–Trinajstić information content (AvgIpc) is 3.08. The lowest BCUT2D eigenvalue weighted by atomic mass is 9.84. The first-order valence-electron chi connectivity index (χ1n) is 7.65. The van der Waals surface area contributed by atoms with Crippen LogP contribution in [0.5, 0.6) is 23.0 Å². The van der Waals surface area contributed by atoms with Crippen LogP contribution in [0.2, 0.25) is 0 Å². The molecule has 0 saturated carbocycles. The van der Waals surface area contributed by atoms with Crippen LogP contribution in [0.15, 0.2) is 30.3 Å². The molecule has 2 aliphatic heterocycles. The normalized spacial score (nSPS) is 17.9. The maximum absolute atomic E-state index is 12.2. The van der Waals surface area contributed by atoms with Crippen LogP contribution in [-0.4, -0.2) is 26.9 Å². The second kappa shape index (κ2) is 5.63. The molecule has 2 heterocycles. The van der Waals surface area contributed by atoms with Crippen LogP contribution in [-0.2, 0) is 4.79 Å². The number of hydrogen-bond acceptors (Lipinski definition) is 5. The van der Waals surface area contributed by atoms with Gasteiger partial charge in [0.05, 0.1) is 14.2 Å². The minimum Gasteiger partial charge on any atom is -0.497 e. The van der Waals surface area contributed by atoms with E-state index in [0.717, 1.165) is 16.8 Å². The summed E-state index contributed by atoms with van der Waals surface area (Å²) in [6.07, 6.45) is 0.363. The van der Waals surface area contributed by atoms with E-state index in [1.807, 2.05) is 30.3 Å². The summed E-state index contributed by atoms with van der Waals surface area (Å²) in [7, 11) is 3.19. The topological polar surface area (TPSA) is 66.0 Å². The largest absolute Gasteiger partial charge is 0.497 e. The summed E-state index contributed by atoms with van der Waals surface area (Å²) in [4.78, 5) is 12.2. The molecule has 0 aliphatic carbocycles. The lowest BCUT2D eigenvalue weighted by molar-refractivity contribution is -0.116. The van der Waals surface area contributed by atoms with Crippen LogP contribution < -0.4 is 24.3 Å². The number of fused-ring (bicyclic) bond motifs is 2. The summed E-state index contributed by atoms with van der Waals surface area (Å²) in [5, 5.41) is 2.91. The van der Waals surface area contributed by atoms with Gasteiger partial charge in [0.25, 0.3) is 0 Å². The predicted molar refractivity (Wildman–Crippen MR) is 87.2 cm³/mol. The molecule has 24 heavy (non-hydrogen) atoms. The number of benzene rings is 2. The number of nitrogens with one attached hydrogen (secondary N) is 1. The summed E-state index contributed by atoms with van der Waals surface area (Å²) < 4.78 is 21.6. The molecule has 0 aromatic heterocycles. The van der Waals surface area contributed by atoms with E-state index in [2.05, 4.69) is 5.32 Å². The fraction of sp³-hybridized carbons (Fsp3) is 0.278. The zero-order chi connectivity index (χ0) is 16.7. The Morgan fingerprint density at radius 3 is 2.79 bits per heavy atom. The molecule has 6 nitrogen and oxygen atoms in total. The third-order valence-corrected chi connectivity index (χ3v) is 4.38. The van der Waals surface area contributed by atoms with E-state index in [0.29, 0.717) is 29.4 Å². The van der Waals surface area contributed by atoms with Crippen LogP contribution in [0.4, 0.5) is 5.69 Å². The van der Waals surface area contributed by atoms with Gasteiger partial charge in [0.1, 0.15) is 5.75 Å². The maximum atomic E-state index is 12.2. The molecule has 1 N–H and O–H groups in total. The number of ether oxygens (including phenoxy) is 4. The molecular weight excluding hydrogens is 310 g/mol. The number of carbonyl (C=O) groups is 1. The highest BCUT2D eigenvalue weighted by Gasteiger charge is 2.30. The number of anilines is 1. The Hall–Kier alpha value is -2.89. The second-order valence-corrected chi connectivity index (χ2v) is 5.72. The van der Waals surface area contributed by atoms with Crippen molar-refractivity contribution >= 4 is 11.6 Å².